The molecule has 1 fully saturated rings. The molecular formula is C17H26N4O2. The summed E-state index contributed by atoms with van der Waals surface area (Å²) < 4.78 is 0. The Morgan fingerprint density at radius 1 is 1.30 bits per heavy atom. The Morgan fingerprint density at radius 2 is 2.04 bits per heavy atom. The molecule has 0 bridgehead atoms. The van der Waals surface area contributed by atoms with Crippen molar-refractivity contribution in [3.63, 3.8) is 0 Å². The molecule has 0 aromatic heterocycles. The highest BCUT2D eigenvalue weighted by Crippen LogP contribution is 2.16. The number of rotatable bonds is 5. The summed E-state index contributed by atoms with van der Waals surface area (Å²) in [6, 6.07) is 7.46. The Morgan fingerprint density at radius 3 is 2.74 bits per heavy atom. The average molecular weight is 318 g/mol. The monoisotopic (exact) mass is 318 g/mol. The normalized spacial score (nSPS) is 17.7. The zero-order chi connectivity index (χ0) is 16.7. The van der Waals surface area contributed by atoms with Crippen LogP contribution in [0.3, 0.4) is 0 Å². The number of hydrogen-bond donors (Lipinski definition) is 3. The van der Waals surface area contributed by atoms with Crippen molar-refractivity contribution in [1.82, 2.24) is 10.2 Å². The molecule has 0 radical (unpaired) electrons. The number of likely N-dealkylation sites (tertiary alicyclic amines) is 1. The zero-order valence-corrected chi connectivity index (χ0v) is 13.7. The number of nitrogens with zero attached hydrogens (tertiary/aromatic N) is 1. The van der Waals surface area contributed by atoms with Crippen LogP contribution in [0.4, 0.5) is 10.5 Å². The van der Waals surface area contributed by atoms with Gasteiger partial charge in [0.2, 0.25) is 5.91 Å². The molecule has 0 saturated carbocycles. The molecule has 1 unspecified atom stereocenters. The minimum atomic E-state index is -0.209. The van der Waals surface area contributed by atoms with Crippen molar-refractivity contribution >= 4 is 17.6 Å². The van der Waals surface area contributed by atoms with E-state index < -0.39 is 0 Å². The second-order valence-electron chi connectivity index (χ2n) is 6.09. The second kappa shape index (κ2) is 8.53. The van der Waals surface area contributed by atoms with Crippen molar-refractivity contribution in [1.29, 1.82) is 0 Å². The number of carbonyl (C=O) groups is 2. The summed E-state index contributed by atoms with van der Waals surface area (Å²) in [5, 5.41) is 5.71. The van der Waals surface area contributed by atoms with E-state index in [4.69, 9.17) is 5.73 Å². The smallest absolute Gasteiger partial charge is 0.319 e. The molecule has 0 aliphatic carbocycles. The maximum absolute atomic E-state index is 11.9. The first-order valence-electron chi connectivity index (χ1n) is 8.18. The molecule has 6 nitrogen and oxygen atoms in total. The van der Waals surface area contributed by atoms with Gasteiger partial charge in [-0.1, -0.05) is 17.7 Å². The topological polar surface area (TPSA) is 87.5 Å². The van der Waals surface area contributed by atoms with Crippen molar-refractivity contribution in [2.24, 2.45) is 11.7 Å². The number of hydrogen-bond acceptors (Lipinski definition) is 3. The third-order valence-corrected chi connectivity index (χ3v) is 4.09. The molecule has 1 aliphatic heterocycles. The molecule has 1 atom stereocenters. The quantitative estimate of drug-likeness (QED) is 0.772. The minimum absolute atomic E-state index is 0.112. The Balaban J connectivity index is 1.75. The number of nitrogens with two attached hydrogens (primary N) is 1. The highest BCUT2D eigenvalue weighted by molar-refractivity contribution is 5.89. The van der Waals surface area contributed by atoms with Crippen molar-refractivity contribution in [2.75, 3.05) is 31.5 Å². The van der Waals surface area contributed by atoms with Crippen LogP contribution in [0.15, 0.2) is 24.3 Å². The number of aryl methyl sites for hydroxylation is 1. The Bertz CT molecular complexity index is 530. The predicted octanol–water partition coefficient (Wildman–Crippen LogP) is 1.70. The lowest BCUT2D eigenvalue weighted by molar-refractivity contribution is -0.132. The fourth-order valence-electron chi connectivity index (χ4n) is 2.79. The standard InChI is InChI=1S/C17H26N4O2/c1-13-4-6-15(7-5-13)20-17(23)19-11-14-3-2-10-21(12-14)16(22)8-9-18/h4-7,14H,2-3,8-12,18H2,1H3,(H2,19,20,23). The van der Waals surface area contributed by atoms with Gasteiger partial charge in [-0.2, -0.15) is 0 Å². The maximum Gasteiger partial charge on any atom is 0.319 e. The highest BCUT2D eigenvalue weighted by atomic mass is 16.2. The first kappa shape index (κ1) is 17.3. The zero-order valence-electron chi connectivity index (χ0n) is 13.7. The first-order chi connectivity index (χ1) is 11.1. The van der Waals surface area contributed by atoms with Gasteiger partial charge in [0, 0.05) is 38.3 Å². The lowest BCUT2D eigenvalue weighted by Gasteiger charge is -2.32. The van der Waals surface area contributed by atoms with Gasteiger partial charge in [-0.3, -0.25) is 4.79 Å². The van der Waals surface area contributed by atoms with Gasteiger partial charge in [0.1, 0.15) is 0 Å². The van der Waals surface area contributed by atoms with E-state index in [1.165, 1.54) is 0 Å². The summed E-state index contributed by atoms with van der Waals surface area (Å²) in [6.07, 6.45) is 2.40. The number of amides is 3. The molecule has 1 saturated heterocycles. The molecular weight excluding hydrogens is 292 g/mol. The molecule has 2 rings (SSSR count). The van der Waals surface area contributed by atoms with Gasteiger partial charge >= 0.3 is 6.03 Å². The van der Waals surface area contributed by atoms with Crippen molar-refractivity contribution in [3.8, 4) is 0 Å². The van der Waals surface area contributed by atoms with E-state index in [-0.39, 0.29) is 11.9 Å². The molecule has 6 heteroatoms. The number of anilines is 1. The molecule has 1 aromatic carbocycles. The van der Waals surface area contributed by atoms with Crippen LogP contribution in [-0.2, 0) is 4.79 Å². The molecule has 126 valence electrons. The summed E-state index contributed by atoms with van der Waals surface area (Å²) in [4.78, 5) is 25.7. The number of benzene rings is 1. The number of piperidine rings is 1. The fraction of sp³-hybridized carbons (Fsp3) is 0.529. The van der Waals surface area contributed by atoms with E-state index in [9.17, 15) is 9.59 Å². The van der Waals surface area contributed by atoms with E-state index >= 15 is 0 Å². The summed E-state index contributed by atoms with van der Waals surface area (Å²) in [7, 11) is 0. The molecule has 23 heavy (non-hydrogen) atoms. The molecule has 3 amide bonds. The number of nitrogens with one attached hydrogen (secondary N) is 2. The maximum atomic E-state index is 11.9. The molecule has 0 spiro atoms. The van der Waals surface area contributed by atoms with Gasteiger partial charge in [-0.15, -0.1) is 0 Å². The van der Waals surface area contributed by atoms with Crippen molar-refractivity contribution in [3.05, 3.63) is 29.8 Å². The van der Waals surface area contributed by atoms with Gasteiger partial charge in [-0.25, -0.2) is 4.79 Å². The van der Waals surface area contributed by atoms with Crippen LogP contribution in [0.25, 0.3) is 0 Å². The lowest BCUT2D eigenvalue weighted by Crippen LogP contribution is -2.44. The van der Waals surface area contributed by atoms with Gasteiger partial charge in [-0.05, 0) is 37.8 Å². The minimum Gasteiger partial charge on any atom is -0.342 e. The third-order valence-electron chi connectivity index (χ3n) is 4.09. The predicted molar refractivity (Wildman–Crippen MR) is 91.2 cm³/mol. The van der Waals surface area contributed by atoms with Crippen LogP contribution in [-0.4, -0.2) is 43.0 Å². The average Bonchev–Trinajstić information content (AvgIpc) is 2.56. The summed E-state index contributed by atoms with van der Waals surface area (Å²) >= 11 is 0. The van der Waals surface area contributed by atoms with Gasteiger partial charge in [0.15, 0.2) is 0 Å². The largest absolute Gasteiger partial charge is 0.342 e. The van der Waals surface area contributed by atoms with Crippen LogP contribution >= 0.6 is 0 Å². The third kappa shape index (κ3) is 5.56. The SMILES string of the molecule is Cc1ccc(NC(=O)NCC2CCCN(C(=O)CCN)C2)cc1. The van der Waals surface area contributed by atoms with Gasteiger partial charge in [0.25, 0.3) is 0 Å². The Hall–Kier alpha value is -2.08. The van der Waals surface area contributed by atoms with E-state index in [1.807, 2.05) is 36.1 Å². The van der Waals surface area contributed by atoms with Crippen LogP contribution in [0, 0.1) is 12.8 Å². The lowest BCUT2D eigenvalue weighted by atomic mass is 9.98. The van der Waals surface area contributed by atoms with Crippen LogP contribution < -0.4 is 16.4 Å². The van der Waals surface area contributed by atoms with E-state index in [1.54, 1.807) is 0 Å². The molecule has 1 aliphatic rings. The Labute approximate surface area is 137 Å². The molecule has 4 N–H and O–H groups in total. The first-order valence-corrected chi connectivity index (χ1v) is 8.18. The summed E-state index contributed by atoms with van der Waals surface area (Å²) in [5.74, 6) is 0.413. The molecule has 1 aromatic rings. The fourth-order valence-corrected chi connectivity index (χ4v) is 2.79. The highest BCUT2D eigenvalue weighted by Gasteiger charge is 2.23. The van der Waals surface area contributed by atoms with Gasteiger partial charge < -0.3 is 21.3 Å². The van der Waals surface area contributed by atoms with Crippen LogP contribution in [0.1, 0.15) is 24.8 Å². The Kier molecular flexibility index (Phi) is 6.40. The summed E-state index contributed by atoms with van der Waals surface area (Å²) in [6.45, 7) is 4.46. The van der Waals surface area contributed by atoms with Crippen molar-refractivity contribution < 1.29 is 9.59 Å². The van der Waals surface area contributed by atoms with Crippen molar-refractivity contribution in [2.45, 2.75) is 26.2 Å². The second-order valence-corrected chi connectivity index (χ2v) is 6.09. The number of urea groups is 1. The number of carbonyl (C=O) groups excluding carboxylic acids is 2. The van der Waals surface area contributed by atoms with Crippen LogP contribution in [0.2, 0.25) is 0 Å². The molecule has 1 heterocycles. The van der Waals surface area contributed by atoms with Gasteiger partial charge in [0.05, 0.1) is 0 Å². The van der Waals surface area contributed by atoms with E-state index in [0.29, 0.717) is 32.0 Å². The van der Waals surface area contributed by atoms with E-state index in [2.05, 4.69) is 10.6 Å². The summed E-state index contributed by atoms with van der Waals surface area (Å²) in [5.41, 5.74) is 7.37. The van der Waals surface area contributed by atoms with Crippen LogP contribution in [0.5, 0.6) is 0 Å². The van der Waals surface area contributed by atoms with E-state index in [0.717, 1.165) is 30.6 Å².